The summed E-state index contributed by atoms with van der Waals surface area (Å²) in [5.41, 5.74) is -0.198. The molecule has 0 N–H and O–H groups in total. The van der Waals surface area contributed by atoms with Crippen molar-refractivity contribution in [2.24, 2.45) is 0 Å². The van der Waals surface area contributed by atoms with Gasteiger partial charge >= 0.3 is 0 Å². The Morgan fingerprint density at radius 1 is 0.952 bits per heavy atom. The van der Waals surface area contributed by atoms with Crippen molar-refractivity contribution in [3.05, 3.63) is 24.7 Å². The molecule has 0 amide bonds. The maximum Gasteiger partial charge on any atom is 0.261 e. The van der Waals surface area contributed by atoms with E-state index >= 15 is 0 Å². The molecule has 0 radical (unpaired) electrons. The SMILES string of the molecule is C=CCCCCCCC/C=C(\OC(C)(C)C)O[Si](C)(C)C. The minimum absolute atomic E-state index is 0.198. The quantitative estimate of drug-likeness (QED) is 0.190. The summed E-state index contributed by atoms with van der Waals surface area (Å²) in [6.07, 6.45) is 12.7. The van der Waals surface area contributed by atoms with Gasteiger partial charge in [-0.2, -0.15) is 0 Å². The summed E-state index contributed by atoms with van der Waals surface area (Å²) in [6, 6.07) is 0. The van der Waals surface area contributed by atoms with E-state index in [9.17, 15) is 0 Å². The van der Waals surface area contributed by atoms with Crippen molar-refractivity contribution < 1.29 is 9.16 Å². The van der Waals surface area contributed by atoms with Crippen molar-refractivity contribution in [3.8, 4) is 0 Å². The lowest BCUT2D eigenvalue weighted by Crippen LogP contribution is -2.29. The van der Waals surface area contributed by atoms with Crippen molar-refractivity contribution in [1.82, 2.24) is 0 Å². The highest BCUT2D eigenvalue weighted by Gasteiger charge is 2.22. The zero-order chi connectivity index (χ0) is 16.4. The van der Waals surface area contributed by atoms with Gasteiger partial charge in [-0.3, -0.25) is 0 Å². The lowest BCUT2D eigenvalue weighted by Gasteiger charge is -2.28. The Hall–Kier alpha value is -0.703. The van der Waals surface area contributed by atoms with Crippen molar-refractivity contribution in [2.75, 3.05) is 0 Å². The third kappa shape index (κ3) is 15.5. The first-order valence-electron chi connectivity index (χ1n) is 8.33. The Labute approximate surface area is 133 Å². The van der Waals surface area contributed by atoms with E-state index in [0.29, 0.717) is 0 Å². The minimum Gasteiger partial charge on any atom is -0.520 e. The van der Waals surface area contributed by atoms with Gasteiger partial charge in [0.05, 0.1) is 0 Å². The van der Waals surface area contributed by atoms with Crippen LogP contribution in [0.2, 0.25) is 19.6 Å². The van der Waals surface area contributed by atoms with Crippen LogP contribution in [0.1, 0.15) is 65.7 Å². The highest BCUT2D eigenvalue weighted by molar-refractivity contribution is 6.69. The maximum absolute atomic E-state index is 6.04. The zero-order valence-electron chi connectivity index (χ0n) is 15.1. The molecular formula is C18H36O2Si. The molecule has 0 aliphatic carbocycles. The van der Waals surface area contributed by atoms with Crippen LogP contribution in [-0.2, 0) is 9.16 Å². The molecule has 0 aromatic carbocycles. The Bertz CT molecular complexity index is 290. The van der Waals surface area contributed by atoms with Gasteiger partial charge in [0.2, 0.25) is 8.32 Å². The van der Waals surface area contributed by atoms with Crippen LogP contribution in [0, 0.1) is 0 Å². The largest absolute Gasteiger partial charge is 0.520 e. The first-order valence-corrected chi connectivity index (χ1v) is 11.7. The number of unbranched alkanes of at least 4 members (excludes halogenated alkanes) is 6. The lowest BCUT2D eigenvalue weighted by atomic mass is 10.1. The predicted molar refractivity (Wildman–Crippen MR) is 95.9 cm³/mol. The zero-order valence-corrected chi connectivity index (χ0v) is 16.1. The summed E-state index contributed by atoms with van der Waals surface area (Å²) in [5, 5.41) is 0. The Morgan fingerprint density at radius 3 is 1.95 bits per heavy atom. The standard InChI is InChI=1S/C18H36O2Si/c1-8-9-10-11-12-13-14-15-16-17(19-18(2,3)4)20-21(5,6)7/h8,16H,1,9-15H2,2-7H3/b17-16+. The second-order valence-electron chi connectivity index (χ2n) is 7.59. The molecule has 0 aliphatic rings. The van der Waals surface area contributed by atoms with Gasteiger partial charge in [-0.05, 0) is 72.2 Å². The Balaban J connectivity index is 4.10. The number of allylic oxidation sites excluding steroid dienone is 2. The molecule has 3 heteroatoms. The molecule has 0 aromatic heterocycles. The highest BCUT2D eigenvalue weighted by atomic mass is 28.4. The fraction of sp³-hybridized carbons (Fsp3) is 0.778. The number of hydrogen-bond donors (Lipinski definition) is 0. The van der Waals surface area contributed by atoms with E-state index in [2.05, 4.69) is 53.1 Å². The van der Waals surface area contributed by atoms with Gasteiger partial charge in [0.1, 0.15) is 5.60 Å². The number of rotatable bonds is 11. The molecule has 0 atom stereocenters. The van der Waals surface area contributed by atoms with Crippen LogP contribution in [0.3, 0.4) is 0 Å². The first-order chi connectivity index (χ1) is 9.64. The van der Waals surface area contributed by atoms with E-state index in [0.717, 1.165) is 18.8 Å². The predicted octanol–water partition coefficient (Wildman–Crippen LogP) is 6.41. The molecule has 0 rings (SSSR count). The molecule has 0 saturated heterocycles. The normalized spacial score (nSPS) is 13.1. The topological polar surface area (TPSA) is 18.5 Å². The molecule has 124 valence electrons. The van der Waals surface area contributed by atoms with Gasteiger partial charge < -0.3 is 9.16 Å². The van der Waals surface area contributed by atoms with Crippen molar-refractivity contribution >= 4 is 8.32 Å². The summed E-state index contributed by atoms with van der Waals surface area (Å²) < 4.78 is 12.0. The van der Waals surface area contributed by atoms with E-state index in [1.54, 1.807) is 0 Å². The van der Waals surface area contributed by atoms with Crippen LogP contribution in [-0.4, -0.2) is 13.9 Å². The van der Waals surface area contributed by atoms with E-state index in [1.165, 1.54) is 32.1 Å². The van der Waals surface area contributed by atoms with Gasteiger partial charge in [0.25, 0.3) is 5.95 Å². The van der Waals surface area contributed by atoms with Gasteiger partial charge in [-0.1, -0.05) is 25.3 Å². The smallest absolute Gasteiger partial charge is 0.261 e. The molecule has 0 fully saturated rings. The lowest BCUT2D eigenvalue weighted by molar-refractivity contribution is -0.00908. The van der Waals surface area contributed by atoms with Crippen molar-refractivity contribution in [2.45, 2.75) is 91.0 Å². The second-order valence-corrected chi connectivity index (χ2v) is 12.0. The molecule has 0 unspecified atom stereocenters. The maximum atomic E-state index is 6.04. The third-order valence-corrected chi connectivity index (χ3v) is 3.55. The molecule has 2 nitrogen and oxygen atoms in total. The minimum atomic E-state index is -1.61. The van der Waals surface area contributed by atoms with E-state index in [1.807, 2.05) is 6.08 Å². The number of hydrogen-bond acceptors (Lipinski definition) is 2. The molecule has 0 spiro atoms. The molecule has 0 aromatic rings. The average Bonchev–Trinajstić information content (AvgIpc) is 2.28. The average molecular weight is 313 g/mol. The highest BCUT2D eigenvalue weighted by Crippen LogP contribution is 2.20. The van der Waals surface area contributed by atoms with Crippen LogP contribution in [0.25, 0.3) is 0 Å². The van der Waals surface area contributed by atoms with Gasteiger partial charge in [-0.15, -0.1) is 6.58 Å². The first kappa shape index (κ1) is 20.3. The third-order valence-electron chi connectivity index (χ3n) is 2.74. The summed E-state index contributed by atoms with van der Waals surface area (Å²) in [6.45, 7) is 16.5. The molecule has 21 heavy (non-hydrogen) atoms. The van der Waals surface area contributed by atoms with Gasteiger partial charge in [0, 0.05) is 0 Å². The molecule has 0 heterocycles. The summed E-state index contributed by atoms with van der Waals surface area (Å²) in [5.74, 6) is 0.730. The fourth-order valence-corrected chi connectivity index (χ4v) is 2.62. The molecule has 0 aliphatic heterocycles. The van der Waals surface area contributed by atoms with Gasteiger partial charge in [-0.25, -0.2) is 0 Å². The van der Waals surface area contributed by atoms with Crippen molar-refractivity contribution in [3.63, 3.8) is 0 Å². The molecule has 0 bridgehead atoms. The Morgan fingerprint density at radius 2 is 1.48 bits per heavy atom. The molecule has 0 saturated carbocycles. The van der Waals surface area contributed by atoms with E-state index in [4.69, 9.17) is 9.16 Å². The fourth-order valence-electron chi connectivity index (χ4n) is 1.89. The van der Waals surface area contributed by atoms with Crippen LogP contribution in [0.15, 0.2) is 24.7 Å². The van der Waals surface area contributed by atoms with E-state index < -0.39 is 8.32 Å². The Kier molecular flexibility index (Phi) is 9.76. The van der Waals surface area contributed by atoms with Gasteiger partial charge in [0.15, 0.2) is 0 Å². The summed E-state index contributed by atoms with van der Waals surface area (Å²) >= 11 is 0. The van der Waals surface area contributed by atoms with Crippen LogP contribution < -0.4 is 0 Å². The summed E-state index contributed by atoms with van der Waals surface area (Å²) in [7, 11) is -1.61. The van der Waals surface area contributed by atoms with Crippen LogP contribution >= 0.6 is 0 Å². The van der Waals surface area contributed by atoms with Crippen LogP contribution in [0.5, 0.6) is 0 Å². The van der Waals surface area contributed by atoms with Crippen molar-refractivity contribution in [1.29, 1.82) is 0 Å². The molecular weight excluding hydrogens is 276 g/mol. The summed E-state index contributed by atoms with van der Waals surface area (Å²) in [4.78, 5) is 0. The van der Waals surface area contributed by atoms with Crippen LogP contribution in [0.4, 0.5) is 0 Å². The monoisotopic (exact) mass is 312 g/mol. The second kappa shape index (κ2) is 10.1. The van der Waals surface area contributed by atoms with E-state index in [-0.39, 0.29) is 5.60 Å². The number of ether oxygens (including phenoxy) is 1.